The first kappa shape index (κ1) is 13.4. The number of aryl methyl sites for hydroxylation is 1. The van der Waals surface area contributed by atoms with E-state index >= 15 is 0 Å². The zero-order valence-electron chi connectivity index (χ0n) is 11.9. The number of nitrogens with one attached hydrogen (secondary N) is 1. The molecule has 2 heterocycles. The van der Waals surface area contributed by atoms with Gasteiger partial charge in [0.25, 0.3) is 5.89 Å². The molecule has 0 spiro atoms. The Hall–Kier alpha value is -2.54. The smallest absolute Gasteiger partial charge is 0.257 e. The van der Waals surface area contributed by atoms with Crippen molar-refractivity contribution in [3.05, 3.63) is 47.5 Å². The fourth-order valence-electron chi connectivity index (χ4n) is 1.95. The molecule has 7 nitrogen and oxygen atoms in total. The predicted molar refractivity (Wildman–Crippen MR) is 76.4 cm³/mol. The van der Waals surface area contributed by atoms with Crippen LogP contribution in [0.5, 0.6) is 0 Å². The molecule has 2 aromatic heterocycles. The van der Waals surface area contributed by atoms with Crippen LogP contribution >= 0.6 is 0 Å². The number of nitrogens with zero attached hydrogens (tertiary/aromatic N) is 5. The maximum absolute atomic E-state index is 5.28. The molecular formula is C14H16N6O. The molecule has 0 aliphatic rings. The van der Waals surface area contributed by atoms with E-state index in [1.165, 1.54) is 5.56 Å². The minimum absolute atomic E-state index is 0.437. The summed E-state index contributed by atoms with van der Waals surface area (Å²) >= 11 is 0. The van der Waals surface area contributed by atoms with Crippen LogP contribution in [0.25, 0.3) is 11.5 Å². The number of hydrogen-bond acceptors (Lipinski definition) is 6. The van der Waals surface area contributed by atoms with Crippen LogP contribution in [0.15, 0.2) is 35.0 Å². The van der Waals surface area contributed by atoms with Crippen LogP contribution in [0.3, 0.4) is 0 Å². The van der Waals surface area contributed by atoms with E-state index in [4.69, 9.17) is 4.52 Å². The fourth-order valence-corrected chi connectivity index (χ4v) is 1.95. The van der Waals surface area contributed by atoms with Gasteiger partial charge in [-0.3, -0.25) is 0 Å². The molecular weight excluding hydrogens is 268 g/mol. The SMILES string of the molecule is CNCc1cn(Cc2noc(-c3ccc(C)cc3)n2)nn1. The van der Waals surface area contributed by atoms with Crippen LogP contribution in [0.2, 0.25) is 0 Å². The Labute approximate surface area is 122 Å². The highest BCUT2D eigenvalue weighted by atomic mass is 16.5. The molecule has 1 N–H and O–H groups in total. The summed E-state index contributed by atoms with van der Waals surface area (Å²) in [6, 6.07) is 7.96. The molecule has 21 heavy (non-hydrogen) atoms. The van der Waals surface area contributed by atoms with Gasteiger partial charge in [-0.15, -0.1) is 5.10 Å². The second-order valence-corrected chi connectivity index (χ2v) is 4.82. The lowest BCUT2D eigenvalue weighted by Gasteiger charge is -1.94. The van der Waals surface area contributed by atoms with Crippen molar-refractivity contribution in [2.24, 2.45) is 0 Å². The van der Waals surface area contributed by atoms with Gasteiger partial charge in [0.1, 0.15) is 6.54 Å². The first-order chi connectivity index (χ1) is 10.2. The Balaban J connectivity index is 1.73. The van der Waals surface area contributed by atoms with Gasteiger partial charge < -0.3 is 9.84 Å². The van der Waals surface area contributed by atoms with Crippen molar-refractivity contribution >= 4 is 0 Å². The molecule has 7 heteroatoms. The normalized spacial score (nSPS) is 11.0. The summed E-state index contributed by atoms with van der Waals surface area (Å²) in [5.41, 5.74) is 2.98. The zero-order valence-corrected chi connectivity index (χ0v) is 11.9. The van der Waals surface area contributed by atoms with Crippen LogP contribution in [0.1, 0.15) is 17.1 Å². The molecule has 0 aliphatic heterocycles. The van der Waals surface area contributed by atoms with Crippen LogP contribution < -0.4 is 5.32 Å². The second kappa shape index (κ2) is 5.84. The van der Waals surface area contributed by atoms with Crippen molar-refractivity contribution in [3.8, 4) is 11.5 Å². The molecule has 0 saturated carbocycles. The minimum Gasteiger partial charge on any atom is -0.334 e. The largest absolute Gasteiger partial charge is 0.334 e. The van der Waals surface area contributed by atoms with Gasteiger partial charge in [-0.05, 0) is 26.1 Å². The van der Waals surface area contributed by atoms with Gasteiger partial charge in [0.05, 0.1) is 11.9 Å². The summed E-state index contributed by atoms with van der Waals surface area (Å²) in [6.45, 7) is 3.16. The average Bonchev–Trinajstić information content (AvgIpc) is 3.11. The molecule has 0 unspecified atom stereocenters. The maximum Gasteiger partial charge on any atom is 0.257 e. The first-order valence-electron chi connectivity index (χ1n) is 6.68. The molecule has 3 rings (SSSR count). The van der Waals surface area contributed by atoms with Gasteiger partial charge in [0.15, 0.2) is 5.82 Å². The molecule has 0 fully saturated rings. The Morgan fingerprint density at radius 2 is 2.05 bits per heavy atom. The first-order valence-corrected chi connectivity index (χ1v) is 6.68. The second-order valence-electron chi connectivity index (χ2n) is 4.82. The standard InChI is InChI=1S/C14H16N6O/c1-10-3-5-11(6-4-10)14-16-13(18-21-14)9-20-8-12(7-15-2)17-19-20/h3-6,8,15H,7,9H2,1-2H3. The quantitative estimate of drug-likeness (QED) is 0.762. The lowest BCUT2D eigenvalue weighted by molar-refractivity contribution is 0.418. The van der Waals surface area contributed by atoms with E-state index in [2.05, 4.69) is 25.8 Å². The molecule has 0 bridgehead atoms. The predicted octanol–water partition coefficient (Wildman–Crippen LogP) is 1.40. The summed E-state index contributed by atoms with van der Waals surface area (Å²) in [4.78, 5) is 4.38. The maximum atomic E-state index is 5.28. The Bertz CT molecular complexity index is 715. The lowest BCUT2D eigenvalue weighted by Crippen LogP contribution is -2.05. The van der Waals surface area contributed by atoms with Gasteiger partial charge in [-0.1, -0.05) is 28.1 Å². The van der Waals surface area contributed by atoms with Crippen molar-refractivity contribution in [2.75, 3.05) is 7.05 Å². The Morgan fingerprint density at radius 1 is 1.24 bits per heavy atom. The van der Waals surface area contributed by atoms with Crippen LogP contribution in [0, 0.1) is 6.92 Å². The van der Waals surface area contributed by atoms with Crippen LogP contribution in [-0.2, 0) is 13.1 Å². The number of rotatable bonds is 5. The highest BCUT2D eigenvalue weighted by Gasteiger charge is 2.10. The van der Waals surface area contributed by atoms with Gasteiger partial charge in [-0.2, -0.15) is 4.98 Å². The third kappa shape index (κ3) is 3.14. The van der Waals surface area contributed by atoms with E-state index in [1.54, 1.807) is 4.68 Å². The molecule has 0 atom stereocenters. The molecule has 0 aliphatic carbocycles. The summed E-state index contributed by atoms with van der Waals surface area (Å²) in [7, 11) is 1.87. The zero-order chi connectivity index (χ0) is 14.7. The lowest BCUT2D eigenvalue weighted by atomic mass is 10.1. The van der Waals surface area contributed by atoms with Gasteiger partial charge >= 0.3 is 0 Å². The molecule has 0 radical (unpaired) electrons. The summed E-state index contributed by atoms with van der Waals surface area (Å²) in [5.74, 6) is 1.09. The fraction of sp³-hybridized carbons (Fsp3) is 0.286. The van der Waals surface area contributed by atoms with E-state index in [-0.39, 0.29) is 0 Å². The summed E-state index contributed by atoms with van der Waals surface area (Å²) in [5, 5.41) is 15.1. The molecule has 0 saturated heterocycles. The Morgan fingerprint density at radius 3 is 2.81 bits per heavy atom. The topological polar surface area (TPSA) is 81.7 Å². The molecule has 108 valence electrons. The number of aromatic nitrogens is 5. The molecule has 0 amide bonds. The third-order valence-corrected chi connectivity index (χ3v) is 3.01. The van der Waals surface area contributed by atoms with Crippen molar-refractivity contribution in [1.29, 1.82) is 0 Å². The van der Waals surface area contributed by atoms with E-state index in [0.29, 0.717) is 24.8 Å². The molecule has 3 aromatic rings. The van der Waals surface area contributed by atoms with Crippen molar-refractivity contribution < 1.29 is 4.52 Å². The highest BCUT2D eigenvalue weighted by Crippen LogP contribution is 2.17. The summed E-state index contributed by atoms with van der Waals surface area (Å²) in [6.07, 6.45) is 1.86. The van der Waals surface area contributed by atoms with E-state index in [0.717, 1.165) is 11.3 Å². The monoisotopic (exact) mass is 284 g/mol. The van der Waals surface area contributed by atoms with Gasteiger partial charge in [0, 0.05) is 12.1 Å². The van der Waals surface area contributed by atoms with Crippen LogP contribution in [-0.4, -0.2) is 32.2 Å². The van der Waals surface area contributed by atoms with Crippen LogP contribution in [0.4, 0.5) is 0 Å². The summed E-state index contributed by atoms with van der Waals surface area (Å²) < 4.78 is 6.97. The minimum atomic E-state index is 0.437. The van der Waals surface area contributed by atoms with E-state index in [9.17, 15) is 0 Å². The average molecular weight is 284 g/mol. The van der Waals surface area contributed by atoms with Crippen molar-refractivity contribution in [1.82, 2.24) is 30.5 Å². The van der Waals surface area contributed by atoms with E-state index in [1.807, 2.05) is 44.4 Å². The van der Waals surface area contributed by atoms with E-state index < -0.39 is 0 Å². The van der Waals surface area contributed by atoms with Crippen molar-refractivity contribution in [3.63, 3.8) is 0 Å². The Kier molecular flexibility index (Phi) is 3.74. The highest BCUT2D eigenvalue weighted by molar-refractivity contribution is 5.53. The van der Waals surface area contributed by atoms with Gasteiger partial charge in [-0.25, -0.2) is 4.68 Å². The number of hydrogen-bond donors (Lipinski definition) is 1. The number of benzene rings is 1. The van der Waals surface area contributed by atoms with Crippen molar-refractivity contribution in [2.45, 2.75) is 20.0 Å². The van der Waals surface area contributed by atoms with Gasteiger partial charge in [0.2, 0.25) is 0 Å². The third-order valence-electron chi connectivity index (χ3n) is 3.01. The molecule has 1 aromatic carbocycles.